The van der Waals surface area contributed by atoms with Gasteiger partial charge in [-0.2, -0.15) is 0 Å². The summed E-state index contributed by atoms with van der Waals surface area (Å²) in [6.07, 6.45) is 0. The predicted molar refractivity (Wildman–Crippen MR) is 213 cm³/mol. The van der Waals surface area contributed by atoms with E-state index in [4.69, 9.17) is 0 Å². The highest BCUT2D eigenvalue weighted by molar-refractivity contribution is 6.07. The molecule has 50 heavy (non-hydrogen) atoms. The van der Waals surface area contributed by atoms with Gasteiger partial charge >= 0.3 is 0 Å². The Hall–Kier alpha value is -6.18. The van der Waals surface area contributed by atoms with Gasteiger partial charge in [0.2, 0.25) is 0 Å². The molecule has 1 aliphatic carbocycles. The lowest BCUT2D eigenvalue weighted by molar-refractivity contribution is 0.660. The summed E-state index contributed by atoms with van der Waals surface area (Å²) < 4.78 is 0. The normalized spacial score (nSPS) is 12.8. The maximum Gasteiger partial charge on any atom is 0.0546 e. The third-order valence-corrected chi connectivity index (χ3v) is 10.5. The molecular weight excluding hydrogens is 603 g/mol. The average molecular weight is 640 g/mol. The van der Waals surface area contributed by atoms with Gasteiger partial charge < -0.3 is 4.90 Å². The summed E-state index contributed by atoms with van der Waals surface area (Å²) in [5, 5.41) is 2.44. The molecule has 0 saturated heterocycles. The van der Waals surface area contributed by atoms with E-state index in [0.717, 1.165) is 17.1 Å². The lowest BCUT2D eigenvalue weighted by Gasteiger charge is -2.30. The fourth-order valence-corrected chi connectivity index (χ4v) is 7.98. The van der Waals surface area contributed by atoms with Crippen LogP contribution < -0.4 is 4.90 Å². The summed E-state index contributed by atoms with van der Waals surface area (Å²) in [6, 6.07) is 68.6. The van der Waals surface area contributed by atoms with Crippen molar-refractivity contribution in [3.05, 3.63) is 199 Å². The van der Waals surface area contributed by atoms with E-state index in [1.54, 1.807) is 0 Å². The van der Waals surface area contributed by atoms with Crippen LogP contribution in [0.4, 0.5) is 17.1 Å². The van der Waals surface area contributed by atoms with Gasteiger partial charge in [0.25, 0.3) is 0 Å². The van der Waals surface area contributed by atoms with E-state index in [2.05, 4.69) is 207 Å². The van der Waals surface area contributed by atoms with Crippen LogP contribution in [0.5, 0.6) is 0 Å². The van der Waals surface area contributed by atoms with Crippen molar-refractivity contribution in [2.24, 2.45) is 0 Å². The molecule has 0 radical (unpaired) electrons. The minimum Gasteiger partial charge on any atom is -0.309 e. The molecule has 0 atom stereocenters. The molecule has 8 aromatic rings. The average Bonchev–Trinajstić information content (AvgIpc) is 3.41. The molecule has 0 spiro atoms. The second-order valence-electron chi connectivity index (χ2n) is 13.7. The molecule has 0 fully saturated rings. The SMILES string of the molecule is CC1(C)c2ccccc2-c2ccc(-c3ccc(-c4ccccc4)cc3N(c3ccccc3)c3ccc(-c4ccccc4)c4ccccc34)cc21. The molecule has 238 valence electrons. The van der Waals surface area contributed by atoms with Crippen molar-refractivity contribution in [1.82, 2.24) is 0 Å². The van der Waals surface area contributed by atoms with Crippen molar-refractivity contribution in [3.8, 4) is 44.5 Å². The Morgan fingerprint density at radius 2 is 0.900 bits per heavy atom. The number of hydrogen-bond acceptors (Lipinski definition) is 1. The van der Waals surface area contributed by atoms with Crippen LogP contribution in [0.3, 0.4) is 0 Å². The lowest BCUT2D eigenvalue weighted by Crippen LogP contribution is -2.15. The van der Waals surface area contributed by atoms with E-state index in [1.807, 2.05) is 0 Å². The lowest BCUT2D eigenvalue weighted by atomic mass is 9.81. The molecule has 0 bridgehead atoms. The van der Waals surface area contributed by atoms with Gasteiger partial charge in [-0.1, -0.05) is 172 Å². The first-order valence-electron chi connectivity index (χ1n) is 17.4. The van der Waals surface area contributed by atoms with E-state index in [1.165, 1.54) is 66.4 Å². The summed E-state index contributed by atoms with van der Waals surface area (Å²) in [5.41, 5.74) is 16.0. The second-order valence-corrected chi connectivity index (χ2v) is 13.7. The molecule has 0 amide bonds. The van der Waals surface area contributed by atoms with Gasteiger partial charge in [-0.3, -0.25) is 0 Å². The zero-order valence-corrected chi connectivity index (χ0v) is 28.3. The summed E-state index contributed by atoms with van der Waals surface area (Å²) in [5.74, 6) is 0. The fraction of sp³-hybridized carbons (Fsp3) is 0.0612. The number of benzene rings is 8. The zero-order valence-electron chi connectivity index (χ0n) is 28.3. The van der Waals surface area contributed by atoms with E-state index in [-0.39, 0.29) is 5.41 Å². The van der Waals surface area contributed by atoms with Crippen LogP contribution in [0.1, 0.15) is 25.0 Å². The van der Waals surface area contributed by atoms with Crippen molar-refractivity contribution in [2.75, 3.05) is 4.90 Å². The smallest absolute Gasteiger partial charge is 0.0546 e. The molecule has 0 aliphatic heterocycles. The quantitative estimate of drug-likeness (QED) is 0.175. The number of hydrogen-bond donors (Lipinski definition) is 0. The van der Waals surface area contributed by atoms with Crippen LogP contribution in [0, 0.1) is 0 Å². The Morgan fingerprint density at radius 3 is 1.66 bits per heavy atom. The third-order valence-electron chi connectivity index (χ3n) is 10.5. The number of anilines is 3. The Labute approximate surface area is 294 Å². The molecule has 0 heterocycles. The van der Waals surface area contributed by atoms with Crippen LogP contribution >= 0.6 is 0 Å². The van der Waals surface area contributed by atoms with E-state index >= 15 is 0 Å². The molecule has 9 rings (SSSR count). The standard InChI is InChI=1S/C49H37N/c1-49(2)45-25-15-14-23-42(45)43-29-27-37(32-46(43)49)40-28-26-36(34-16-6-3-7-17-34)33-48(40)50(38-20-10-5-11-21-38)47-31-30-39(35-18-8-4-9-19-35)41-22-12-13-24-44(41)47/h3-33H,1-2H3. The summed E-state index contributed by atoms with van der Waals surface area (Å²) >= 11 is 0. The highest BCUT2D eigenvalue weighted by atomic mass is 15.1. The van der Waals surface area contributed by atoms with Gasteiger partial charge in [-0.15, -0.1) is 0 Å². The fourth-order valence-electron chi connectivity index (χ4n) is 7.98. The number of fused-ring (bicyclic) bond motifs is 4. The first kappa shape index (κ1) is 29.9. The molecule has 1 aliphatic rings. The van der Waals surface area contributed by atoms with Crippen molar-refractivity contribution in [3.63, 3.8) is 0 Å². The van der Waals surface area contributed by atoms with Crippen LogP contribution in [0.15, 0.2) is 188 Å². The maximum absolute atomic E-state index is 2.46. The van der Waals surface area contributed by atoms with E-state index in [9.17, 15) is 0 Å². The minimum absolute atomic E-state index is 0.0886. The van der Waals surface area contributed by atoms with Crippen LogP contribution in [0.25, 0.3) is 55.3 Å². The molecule has 0 saturated carbocycles. The summed E-state index contributed by atoms with van der Waals surface area (Å²) in [7, 11) is 0. The maximum atomic E-state index is 2.46. The van der Waals surface area contributed by atoms with Gasteiger partial charge in [0.15, 0.2) is 0 Å². The first-order chi connectivity index (χ1) is 24.6. The van der Waals surface area contributed by atoms with Crippen molar-refractivity contribution >= 4 is 27.8 Å². The van der Waals surface area contributed by atoms with Gasteiger partial charge in [0.05, 0.1) is 11.4 Å². The topological polar surface area (TPSA) is 3.24 Å². The highest BCUT2D eigenvalue weighted by Gasteiger charge is 2.35. The molecule has 1 heteroatoms. The summed E-state index contributed by atoms with van der Waals surface area (Å²) in [4.78, 5) is 2.46. The number of nitrogens with zero attached hydrogens (tertiary/aromatic N) is 1. The number of rotatable bonds is 6. The Kier molecular flexibility index (Phi) is 7.21. The van der Waals surface area contributed by atoms with Crippen LogP contribution in [-0.4, -0.2) is 0 Å². The second kappa shape index (κ2) is 12.1. The molecular formula is C49H37N. The Bertz CT molecular complexity index is 2490. The van der Waals surface area contributed by atoms with E-state index in [0.29, 0.717) is 0 Å². The van der Waals surface area contributed by atoms with Gasteiger partial charge in [0, 0.05) is 22.1 Å². The van der Waals surface area contributed by atoms with Crippen LogP contribution in [-0.2, 0) is 5.41 Å². The van der Waals surface area contributed by atoms with Gasteiger partial charge in [-0.05, 0) is 85.8 Å². The van der Waals surface area contributed by atoms with Crippen molar-refractivity contribution in [2.45, 2.75) is 19.3 Å². The van der Waals surface area contributed by atoms with Crippen molar-refractivity contribution in [1.29, 1.82) is 0 Å². The number of para-hydroxylation sites is 1. The molecule has 1 nitrogen and oxygen atoms in total. The molecule has 0 unspecified atom stereocenters. The van der Waals surface area contributed by atoms with Crippen molar-refractivity contribution < 1.29 is 0 Å². The van der Waals surface area contributed by atoms with E-state index < -0.39 is 0 Å². The predicted octanol–water partition coefficient (Wildman–Crippen LogP) is 13.6. The minimum atomic E-state index is -0.0886. The monoisotopic (exact) mass is 639 g/mol. The Balaban J connectivity index is 1.31. The Morgan fingerprint density at radius 1 is 0.340 bits per heavy atom. The zero-order chi connectivity index (χ0) is 33.7. The third kappa shape index (κ3) is 4.94. The highest BCUT2D eigenvalue weighted by Crippen LogP contribution is 2.51. The largest absolute Gasteiger partial charge is 0.309 e. The first-order valence-corrected chi connectivity index (χ1v) is 17.4. The van der Waals surface area contributed by atoms with Gasteiger partial charge in [-0.25, -0.2) is 0 Å². The molecule has 0 N–H and O–H groups in total. The summed E-state index contributed by atoms with van der Waals surface area (Å²) in [6.45, 7) is 4.72. The molecule has 8 aromatic carbocycles. The molecule has 0 aromatic heterocycles. The van der Waals surface area contributed by atoms with Crippen LogP contribution in [0.2, 0.25) is 0 Å². The van der Waals surface area contributed by atoms with Gasteiger partial charge in [0.1, 0.15) is 0 Å².